The van der Waals surface area contributed by atoms with E-state index in [2.05, 4.69) is 4.72 Å². The van der Waals surface area contributed by atoms with Gasteiger partial charge in [0, 0.05) is 6.92 Å². The largest absolute Gasteiger partial charge is 0.487 e. The number of carbonyl (C=O) groups excluding carboxylic acids is 1. The van der Waals surface area contributed by atoms with Crippen molar-refractivity contribution in [2.75, 3.05) is 16.2 Å². The number of ether oxygens (including phenoxy) is 1. The van der Waals surface area contributed by atoms with Crippen molar-refractivity contribution in [1.82, 2.24) is 0 Å². The summed E-state index contributed by atoms with van der Waals surface area (Å²) in [5.74, 6) is 0.302. The minimum atomic E-state index is -3.86. The number of carbonyl (C=O) groups is 1. The van der Waals surface area contributed by atoms with Crippen LogP contribution in [0.15, 0.2) is 47.4 Å². The van der Waals surface area contributed by atoms with Gasteiger partial charge in [0.15, 0.2) is 0 Å². The van der Waals surface area contributed by atoms with E-state index in [1.54, 1.807) is 30.3 Å². The van der Waals surface area contributed by atoms with Gasteiger partial charge in [0.25, 0.3) is 10.0 Å². The molecule has 2 aromatic rings. The van der Waals surface area contributed by atoms with Gasteiger partial charge in [-0.15, -0.1) is 0 Å². The number of para-hydroxylation sites is 1. The number of rotatable bonds is 3. The number of sulfonamides is 1. The maximum Gasteiger partial charge on any atom is 0.262 e. The van der Waals surface area contributed by atoms with E-state index in [4.69, 9.17) is 16.3 Å². The van der Waals surface area contributed by atoms with Crippen molar-refractivity contribution in [1.29, 1.82) is 0 Å². The molecule has 0 saturated heterocycles. The fraction of sp³-hybridized carbons (Fsp3) is 0.235. The van der Waals surface area contributed by atoms with Crippen molar-refractivity contribution < 1.29 is 17.9 Å². The highest BCUT2D eigenvalue weighted by Crippen LogP contribution is 2.36. The molecular weight excluding hydrogens is 364 g/mol. The zero-order valence-corrected chi connectivity index (χ0v) is 15.3. The predicted octanol–water partition coefficient (Wildman–Crippen LogP) is 3.27. The van der Waals surface area contributed by atoms with E-state index in [0.717, 1.165) is 0 Å². The van der Waals surface area contributed by atoms with E-state index in [9.17, 15) is 13.2 Å². The number of anilines is 2. The third-order valence-electron chi connectivity index (χ3n) is 3.80. The van der Waals surface area contributed by atoms with Gasteiger partial charge in [0.2, 0.25) is 5.91 Å². The summed E-state index contributed by atoms with van der Waals surface area (Å²) < 4.78 is 33.5. The van der Waals surface area contributed by atoms with Crippen LogP contribution in [0.4, 0.5) is 11.4 Å². The number of halogens is 1. The second kappa shape index (κ2) is 6.57. The van der Waals surface area contributed by atoms with Gasteiger partial charge in [-0.3, -0.25) is 9.52 Å². The average molecular weight is 381 g/mol. The summed E-state index contributed by atoms with van der Waals surface area (Å²) in [6, 6.07) is 11.0. The maximum atomic E-state index is 12.7. The van der Waals surface area contributed by atoms with Crippen LogP contribution in [0.1, 0.15) is 13.8 Å². The highest BCUT2D eigenvalue weighted by atomic mass is 35.5. The van der Waals surface area contributed by atoms with E-state index >= 15 is 0 Å². The zero-order chi connectivity index (χ0) is 18.2. The molecule has 6 nitrogen and oxygen atoms in total. The first kappa shape index (κ1) is 17.6. The quantitative estimate of drug-likeness (QED) is 0.886. The Labute approximate surface area is 151 Å². The molecule has 1 heterocycles. The highest BCUT2D eigenvalue weighted by molar-refractivity contribution is 7.92. The molecule has 0 bridgehead atoms. The molecule has 0 spiro atoms. The molecule has 0 radical (unpaired) electrons. The summed E-state index contributed by atoms with van der Waals surface area (Å²) in [4.78, 5) is 13.4. The first-order valence-corrected chi connectivity index (χ1v) is 9.50. The third-order valence-corrected chi connectivity index (χ3v) is 5.49. The number of hydrogen-bond donors (Lipinski definition) is 1. The van der Waals surface area contributed by atoms with Gasteiger partial charge < -0.3 is 9.64 Å². The van der Waals surface area contributed by atoms with Crippen molar-refractivity contribution in [2.45, 2.75) is 24.8 Å². The van der Waals surface area contributed by atoms with Crippen molar-refractivity contribution in [3.05, 3.63) is 47.5 Å². The Hall–Kier alpha value is -2.25. The monoisotopic (exact) mass is 380 g/mol. The zero-order valence-electron chi connectivity index (χ0n) is 13.7. The molecule has 1 amide bonds. The Bertz CT molecular complexity index is 930. The first-order valence-electron chi connectivity index (χ1n) is 7.64. The summed E-state index contributed by atoms with van der Waals surface area (Å²) in [5, 5.41) is 0.298. The first-order chi connectivity index (χ1) is 11.8. The van der Waals surface area contributed by atoms with Gasteiger partial charge in [0.05, 0.1) is 27.8 Å². The van der Waals surface area contributed by atoms with Crippen molar-refractivity contribution in [3.8, 4) is 5.75 Å². The molecule has 1 N–H and O–H groups in total. The van der Waals surface area contributed by atoms with Gasteiger partial charge in [0.1, 0.15) is 11.9 Å². The van der Waals surface area contributed by atoms with E-state index in [1.165, 1.54) is 24.0 Å². The Morgan fingerprint density at radius 3 is 2.68 bits per heavy atom. The highest BCUT2D eigenvalue weighted by Gasteiger charge is 2.28. The molecule has 0 aromatic heterocycles. The van der Waals surface area contributed by atoms with Crippen molar-refractivity contribution in [2.24, 2.45) is 0 Å². The average Bonchev–Trinajstić information content (AvgIpc) is 2.55. The fourth-order valence-corrected chi connectivity index (χ4v) is 3.97. The van der Waals surface area contributed by atoms with Gasteiger partial charge >= 0.3 is 0 Å². The van der Waals surface area contributed by atoms with Gasteiger partial charge in [-0.05, 0) is 37.3 Å². The standard InChI is InChI=1S/C17H17ClN2O4S/c1-11-10-20(12(2)21)16-9-13(7-8-17(16)24-11)25(22,23)19-15-6-4-3-5-14(15)18/h3-9,11,19H,10H2,1-2H3. The summed E-state index contributed by atoms with van der Waals surface area (Å²) in [5.41, 5.74) is 0.725. The van der Waals surface area contributed by atoms with Crippen LogP contribution in [0.25, 0.3) is 0 Å². The summed E-state index contributed by atoms with van der Waals surface area (Å²) in [7, 11) is -3.86. The van der Waals surface area contributed by atoms with Crippen LogP contribution < -0.4 is 14.4 Å². The molecule has 0 saturated carbocycles. The molecule has 8 heteroatoms. The van der Waals surface area contributed by atoms with Crippen LogP contribution in [0.3, 0.4) is 0 Å². The van der Waals surface area contributed by atoms with Gasteiger partial charge in [-0.25, -0.2) is 8.42 Å². The topological polar surface area (TPSA) is 75.7 Å². The molecule has 1 atom stereocenters. The minimum Gasteiger partial charge on any atom is -0.487 e. The molecule has 1 aliphatic rings. The minimum absolute atomic E-state index is 0.0237. The molecule has 1 unspecified atom stereocenters. The Morgan fingerprint density at radius 2 is 2.00 bits per heavy atom. The lowest BCUT2D eigenvalue weighted by molar-refractivity contribution is -0.117. The van der Waals surface area contributed by atoms with Crippen LogP contribution in [-0.2, 0) is 14.8 Å². The number of nitrogens with one attached hydrogen (secondary N) is 1. The van der Waals surface area contributed by atoms with E-state index in [-0.39, 0.29) is 22.6 Å². The second-order valence-electron chi connectivity index (χ2n) is 5.77. The van der Waals surface area contributed by atoms with Gasteiger partial charge in [-0.1, -0.05) is 23.7 Å². The molecule has 2 aromatic carbocycles. The predicted molar refractivity (Wildman–Crippen MR) is 96.8 cm³/mol. The van der Waals surface area contributed by atoms with Crippen LogP contribution in [-0.4, -0.2) is 27.0 Å². The molecular formula is C17H17ClN2O4S. The smallest absolute Gasteiger partial charge is 0.262 e. The number of hydrogen-bond acceptors (Lipinski definition) is 4. The number of nitrogens with zero attached hydrogens (tertiary/aromatic N) is 1. The normalized spacial score (nSPS) is 16.8. The Kier molecular flexibility index (Phi) is 4.62. The number of benzene rings is 2. The molecule has 1 aliphatic heterocycles. The fourth-order valence-electron chi connectivity index (χ4n) is 2.63. The van der Waals surface area contributed by atoms with Crippen molar-refractivity contribution >= 4 is 38.9 Å². The lowest BCUT2D eigenvalue weighted by atomic mass is 10.2. The Morgan fingerprint density at radius 1 is 1.28 bits per heavy atom. The molecule has 132 valence electrons. The third kappa shape index (κ3) is 3.57. The van der Waals surface area contributed by atoms with Crippen molar-refractivity contribution in [3.63, 3.8) is 0 Å². The van der Waals surface area contributed by atoms with Crippen LogP contribution in [0.2, 0.25) is 5.02 Å². The SMILES string of the molecule is CC(=O)N1CC(C)Oc2ccc(S(=O)(=O)Nc3ccccc3Cl)cc21. The summed E-state index contributed by atoms with van der Waals surface area (Å²) >= 11 is 6.01. The molecule has 0 aliphatic carbocycles. The van der Waals surface area contributed by atoms with Crippen LogP contribution >= 0.6 is 11.6 Å². The van der Waals surface area contributed by atoms with Crippen LogP contribution in [0.5, 0.6) is 5.75 Å². The van der Waals surface area contributed by atoms with E-state index in [0.29, 0.717) is 23.0 Å². The molecule has 25 heavy (non-hydrogen) atoms. The van der Waals surface area contributed by atoms with Gasteiger partial charge in [-0.2, -0.15) is 0 Å². The second-order valence-corrected chi connectivity index (χ2v) is 7.86. The lowest BCUT2D eigenvalue weighted by Crippen LogP contribution is -2.41. The Balaban J connectivity index is 2.00. The lowest BCUT2D eigenvalue weighted by Gasteiger charge is -2.33. The number of fused-ring (bicyclic) bond motifs is 1. The summed E-state index contributed by atoms with van der Waals surface area (Å²) in [6.45, 7) is 3.65. The van der Waals surface area contributed by atoms with E-state index < -0.39 is 10.0 Å². The van der Waals surface area contributed by atoms with Crippen LogP contribution in [0, 0.1) is 0 Å². The van der Waals surface area contributed by atoms with E-state index in [1.807, 2.05) is 6.92 Å². The maximum absolute atomic E-state index is 12.7. The number of amides is 1. The molecule has 0 fully saturated rings. The molecule has 3 rings (SSSR count). The summed E-state index contributed by atoms with van der Waals surface area (Å²) in [6.07, 6.45) is -0.167.